The van der Waals surface area contributed by atoms with Crippen LogP contribution in [0, 0.1) is 11.3 Å². The molecule has 2 rings (SSSR count). The molecule has 0 radical (unpaired) electrons. The molecule has 5 nitrogen and oxygen atoms in total. The van der Waals surface area contributed by atoms with E-state index in [4.69, 9.17) is 5.26 Å². The second kappa shape index (κ2) is 6.39. The van der Waals surface area contributed by atoms with Crippen LogP contribution in [0.5, 0.6) is 5.75 Å². The molecule has 2 aromatic rings. The molecule has 6 heteroatoms. The molecule has 0 bridgehead atoms. The predicted molar refractivity (Wildman–Crippen MR) is 77.9 cm³/mol. The van der Waals surface area contributed by atoms with Crippen LogP contribution in [0.25, 0.3) is 0 Å². The maximum Gasteiger partial charge on any atom is 0.240 e. The van der Waals surface area contributed by atoms with E-state index in [0.29, 0.717) is 5.56 Å². The number of phenols is 1. The van der Waals surface area contributed by atoms with E-state index in [2.05, 4.69) is 4.72 Å². The van der Waals surface area contributed by atoms with Gasteiger partial charge in [-0.15, -0.1) is 0 Å². The van der Waals surface area contributed by atoms with Gasteiger partial charge in [-0.3, -0.25) is 0 Å². The molecule has 0 atom stereocenters. The molecule has 0 aliphatic rings. The van der Waals surface area contributed by atoms with E-state index in [1.165, 1.54) is 18.2 Å². The van der Waals surface area contributed by atoms with Crippen LogP contribution in [-0.2, 0) is 23.0 Å². The summed E-state index contributed by atoms with van der Waals surface area (Å²) in [5.41, 5.74) is 1.26. The molecule has 0 heterocycles. The number of benzene rings is 2. The van der Waals surface area contributed by atoms with Crippen molar-refractivity contribution in [1.82, 2.24) is 4.72 Å². The smallest absolute Gasteiger partial charge is 0.240 e. The number of hydrogen-bond acceptors (Lipinski definition) is 4. The van der Waals surface area contributed by atoms with E-state index in [1.807, 2.05) is 6.07 Å². The van der Waals surface area contributed by atoms with Crippen molar-refractivity contribution in [3.8, 4) is 11.8 Å². The molecule has 0 fully saturated rings. The van der Waals surface area contributed by atoms with Crippen LogP contribution >= 0.6 is 0 Å². The summed E-state index contributed by atoms with van der Waals surface area (Å²) in [4.78, 5) is 0.125. The van der Waals surface area contributed by atoms with Gasteiger partial charge in [0, 0.05) is 12.1 Å². The van der Waals surface area contributed by atoms with Crippen molar-refractivity contribution in [3.63, 3.8) is 0 Å². The molecule has 108 valence electrons. The summed E-state index contributed by atoms with van der Waals surface area (Å²) < 4.78 is 26.7. The minimum Gasteiger partial charge on any atom is -0.508 e. The number of aromatic hydroxyl groups is 1. The van der Waals surface area contributed by atoms with Crippen molar-refractivity contribution >= 4 is 10.0 Å². The molecule has 0 unspecified atom stereocenters. The van der Waals surface area contributed by atoms with Crippen molar-refractivity contribution in [1.29, 1.82) is 5.26 Å². The summed E-state index contributed by atoms with van der Waals surface area (Å²) in [5, 5.41) is 18.2. The zero-order valence-corrected chi connectivity index (χ0v) is 12.0. The fourth-order valence-electron chi connectivity index (χ4n) is 1.79. The Balaban J connectivity index is 2.12. The number of hydrogen-bond donors (Lipinski definition) is 2. The fourth-order valence-corrected chi connectivity index (χ4v) is 2.80. The average molecular weight is 302 g/mol. The minimum absolute atomic E-state index is 0.00888. The Bertz CT molecular complexity index is 762. The van der Waals surface area contributed by atoms with Gasteiger partial charge in [0.05, 0.1) is 17.4 Å². The third-order valence-corrected chi connectivity index (χ3v) is 4.38. The third-order valence-electron chi connectivity index (χ3n) is 2.96. The van der Waals surface area contributed by atoms with Crippen molar-refractivity contribution in [2.75, 3.05) is 0 Å². The van der Waals surface area contributed by atoms with E-state index < -0.39 is 10.0 Å². The highest BCUT2D eigenvalue weighted by Crippen LogP contribution is 2.17. The van der Waals surface area contributed by atoms with Gasteiger partial charge in [-0.2, -0.15) is 5.26 Å². The summed E-state index contributed by atoms with van der Waals surface area (Å²) in [6, 6.07) is 14.7. The topological polar surface area (TPSA) is 90.2 Å². The van der Waals surface area contributed by atoms with E-state index in [-0.39, 0.29) is 23.6 Å². The SMILES string of the molecule is N#CCc1ccc(S(=O)(=O)NCc2ccccc2O)cc1. The van der Waals surface area contributed by atoms with Crippen LogP contribution in [0.3, 0.4) is 0 Å². The Labute approximate surface area is 123 Å². The first-order valence-electron chi connectivity index (χ1n) is 6.25. The summed E-state index contributed by atoms with van der Waals surface area (Å²) in [6.45, 7) is 0.00888. The molecular formula is C15H14N2O3S. The van der Waals surface area contributed by atoms with Crippen LogP contribution in [0.4, 0.5) is 0 Å². The number of rotatable bonds is 5. The minimum atomic E-state index is -3.65. The first kappa shape index (κ1) is 15.0. The molecule has 21 heavy (non-hydrogen) atoms. The van der Waals surface area contributed by atoms with Crippen molar-refractivity contribution in [2.24, 2.45) is 0 Å². The van der Waals surface area contributed by atoms with Gasteiger partial charge < -0.3 is 5.11 Å². The molecule has 0 aromatic heterocycles. The number of nitrogens with one attached hydrogen (secondary N) is 1. The van der Waals surface area contributed by atoms with Gasteiger partial charge in [0.15, 0.2) is 0 Å². The average Bonchev–Trinajstić information content (AvgIpc) is 2.47. The van der Waals surface area contributed by atoms with E-state index in [9.17, 15) is 13.5 Å². The monoisotopic (exact) mass is 302 g/mol. The Morgan fingerprint density at radius 1 is 1.10 bits per heavy atom. The van der Waals surface area contributed by atoms with Gasteiger partial charge in [-0.1, -0.05) is 30.3 Å². The first-order chi connectivity index (χ1) is 10.0. The van der Waals surface area contributed by atoms with Gasteiger partial charge in [-0.05, 0) is 23.8 Å². The number of para-hydroxylation sites is 1. The molecule has 0 saturated heterocycles. The van der Waals surface area contributed by atoms with Crippen molar-refractivity contribution < 1.29 is 13.5 Å². The quantitative estimate of drug-likeness (QED) is 0.883. The number of nitrogens with zero attached hydrogens (tertiary/aromatic N) is 1. The highest BCUT2D eigenvalue weighted by atomic mass is 32.2. The molecule has 0 spiro atoms. The fraction of sp³-hybridized carbons (Fsp3) is 0.133. The second-order valence-corrected chi connectivity index (χ2v) is 6.20. The standard InChI is InChI=1S/C15H14N2O3S/c16-10-9-12-5-7-14(8-6-12)21(19,20)17-11-13-3-1-2-4-15(13)18/h1-8,17-18H,9,11H2. The van der Waals surface area contributed by atoms with E-state index in [0.717, 1.165) is 5.56 Å². The van der Waals surface area contributed by atoms with Crippen LogP contribution in [-0.4, -0.2) is 13.5 Å². The number of sulfonamides is 1. The highest BCUT2D eigenvalue weighted by Gasteiger charge is 2.14. The predicted octanol–water partition coefficient (Wildman–Crippen LogP) is 1.94. The van der Waals surface area contributed by atoms with Gasteiger partial charge >= 0.3 is 0 Å². The van der Waals surface area contributed by atoms with Crippen LogP contribution in [0.15, 0.2) is 53.4 Å². The molecule has 0 saturated carbocycles. The number of phenolic OH excluding ortho intramolecular Hbond substituents is 1. The zero-order valence-electron chi connectivity index (χ0n) is 11.2. The maximum absolute atomic E-state index is 12.1. The van der Waals surface area contributed by atoms with Crippen LogP contribution < -0.4 is 4.72 Å². The van der Waals surface area contributed by atoms with Crippen molar-refractivity contribution in [3.05, 3.63) is 59.7 Å². The Morgan fingerprint density at radius 3 is 2.38 bits per heavy atom. The first-order valence-corrected chi connectivity index (χ1v) is 7.73. The molecule has 0 aliphatic carbocycles. The summed E-state index contributed by atoms with van der Waals surface area (Å²) in [7, 11) is -3.65. The molecule has 0 amide bonds. The zero-order chi connectivity index (χ0) is 15.3. The van der Waals surface area contributed by atoms with Gasteiger partial charge in [-0.25, -0.2) is 13.1 Å². The van der Waals surface area contributed by atoms with Crippen molar-refractivity contribution in [2.45, 2.75) is 17.9 Å². The number of nitriles is 1. The van der Waals surface area contributed by atoms with E-state index in [1.54, 1.807) is 30.3 Å². The Hall–Kier alpha value is -2.36. The molecule has 2 aromatic carbocycles. The summed E-state index contributed by atoms with van der Waals surface area (Å²) >= 11 is 0. The second-order valence-electron chi connectivity index (χ2n) is 4.43. The van der Waals surface area contributed by atoms with Crippen LogP contribution in [0.2, 0.25) is 0 Å². The van der Waals surface area contributed by atoms with Gasteiger partial charge in [0.25, 0.3) is 0 Å². The lowest BCUT2D eigenvalue weighted by Gasteiger charge is -2.08. The van der Waals surface area contributed by atoms with Crippen LogP contribution in [0.1, 0.15) is 11.1 Å². The lowest BCUT2D eigenvalue weighted by molar-refractivity contribution is 0.467. The summed E-state index contributed by atoms with van der Waals surface area (Å²) in [5.74, 6) is 0.0459. The highest BCUT2D eigenvalue weighted by molar-refractivity contribution is 7.89. The molecule has 2 N–H and O–H groups in total. The lowest BCUT2D eigenvalue weighted by Crippen LogP contribution is -2.23. The molecule has 0 aliphatic heterocycles. The third kappa shape index (κ3) is 3.81. The maximum atomic E-state index is 12.1. The Morgan fingerprint density at radius 2 is 1.76 bits per heavy atom. The van der Waals surface area contributed by atoms with Gasteiger partial charge in [0.2, 0.25) is 10.0 Å². The van der Waals surface area contributed by atoms with E-state index >= 15 is 0 Å². The lowest BCUT2D eigenvalue weighted by atomic mass is 10.2. The Kier molecular flexibility index (Phi) is 4.58. The summed E-state index contributed by atoms with van der Waals surface area (Å²) in [6.07, 6.45) is 0.242. The normalized spacial score (nSPS) is 11.0. The van der Waals surface area contributed by atoms with Gasteiger partial charge in [0.1, 0.15) is 5.75 Å². The largest absolute Gasteiger partial charge is 0.508 e. The molecular weight excluding hydrogens is 288 g/mol.